The van der Waals surface area contributed by atoms with Gasteiger partial charge in [0.25, 0.3) is 5.91 Å². The van der Waals surface area contributed by atoms with Crippen LogP contribution in [0.1, 0.15) is 28.8 Å². The third-order valence-electron chi connectivity index (χ3n) is 5.09. The first-order valence-electron chi connectivity index (χ1n) is 9.29. The van der Waals surface area contributed by atoms with Gasteiger partial charge in [-0.15, -0.1) is 0 Å². The van der Waals surface area contributed by atoms with Crippen LogP contribution in [0.3, 0.4) is 0 Å². The van der Waals surface area contributed by atoms with Gasteiger partial charge in [0.15, 0.2) is 0 Å². The number of amides is 1. The Kier molecular flexibility index (Phi) is 4.73. The number of rotatable bonds is 3. The van der Waals surface area contributed by atoms with E-state index in [-0.39, 0.29) is 12.0 Å². The summed E-state index contributed by atoms with van der Waals surface area (Å²) in [7, 11) is 0. The number of hydrogen-bond acceptors (Lipinski definition) is 4. The molecule has 2 N–H and O–H groups in total. The monoisotopic (exact) mass is 379 g/mol. The zero-order valence-corrected chi connectivity index (χ0v) is 15.5. The summed E-state index contributed by atoms with van der Waals surface area (Å²) in [6.45, 7) is 3.23. The molecule has 144 valence electrons. The maximum absolute atomic E-state index is 12.8. The lowest BCUT2D eigenvalue weighted by atomic mass is 10.1. The summed E-state index contributed by atoms with van der Waals surface area (Å²) < 4.78 is 6.09. The number of likely N-dealkylation sites (tertiary alicyclic amines) is 1. The van der Waals surface area contributed by atoms with Gasteiger partial charge in [-0.3, -0.25) is 14.4 Å². The number of aromatic amines is 2. The van der Waals surface area contributed by atoms with Crippen molar-refractivity contribution in [2.45, 2.75) is 25.9 Å². The molecule has 0 unspecified atom stereocenters. The van der Waals surface area contributed by atoms with Crippen molar-refractivity contribution in [1.29, 1.82) is 0 Å². The van der Waals surface area contributed by atoms with E-state index in [4.69, 9.17) is 4.74 Å². The lowest BCUT2D eigenvalue weighted by molar-refractivity contribution is 0.0594. The van der Waals surface area contributed by atoms with E-state index in [1.54, 1.807) is 23.1 Å². The van der Waals surface area contributed by atoms with Crippen LogP contribution >= 0.6 is 0 Å². The van der Waals surface area contributed by atoms with E-state index in [2.05, 4.69) is 9.97 Å². The Morgan fingerprint density at radius 3 is 2.39 bits per heavy atom. The first-order chi connectivity index (χ1) is 13.5. The average molecular weight is 379 g/mol. The summed E-state index contributed by atoms with van der Waals surface area (Å²) in [4.78, 5) is 42.5. The Bertz CT molecular complexity index is 1140. The van der Waals surface area contributed by atoms with Crippen molar-refractivity contribution in [3.05, 3.63) is 74.3 Å². The fraction of sp³-hybridized carbons (Fsp3) is 0.286. The van der Waals surface area contributed by atoms with Crippen LogP contribution in [0.25, 0.3) is 11.0 Å². The van der Waals surface area contributed by atoms with Crippen molar-refractivity contribution in [1.82, 2.24) is 14.9 Å². The van der Waals surface area contributed by atoms with Gasteiger partial charge in [-0.2, -0.15) is 0 Å². The van der Waals surface area contributed by atoms with Crippen LogP contribution in [-0.2, 0) is 0 Å². The Hall–Kier alpha value is -3.35. The Labute approximate surface area is 161 Å². The first-order valence-corrected chi connectivity index (χ1v) is 9.29. The van der Waals surface area contributed by atoms with Crippen LogP contribution in [0.2, 0.25) is 0 Å². The molecule has 0 saturated carbocycles. The second-order valence-electron chi connectivity index (χ2n) is 7.04. The molecule has 1 aliphatic heterocycles. The van der Waals surface area contributed by atoms with E-state index >= 15 is 0 Å². The van der Waals surface area contributed by atoms with Gasteiger partial charge in [-0.25, -0.2) is 0 Å². The number of carbonyl (C=O) groups is 1. The average Bonchev–Trinajstić information content (AvgIpc) is 2.70. The topological polar surface area (TPSA) is 95.3 Å². The predicted octanol–water partition coefficient (Wildman–Crippen LogP) is 2.21. The summed E-state index contributed by atoms with van der Waals surface area (Å²) in [6.07, 6.45) is 1.61. The number of nitrogens with one attached hydrogen (secondary N) is 2. The smallest absolute Gasteiger partial charge is 0.314 e. The minimum atomic E-state index is -0.730. The molecule has 1 fully saturated rings. The summed E-state index contributed by atoms with van der Waals surface area (Å²) >= 11 is 0. The number of fused-ring (bicyclic) bond motifs is 1. The third kappa shape index (κ3) is 3.55. The van der Waals surface area contributed by atoms with Gasteiger partial charge in [0.2, 0.25) is 0 Å². The van der Waals surface area contributed by atoms with Gasteiger partial charge in [-0.05, 0) is 36.8 Å². The number of carbonyl (C=O) groups excluding carboxylic acids is 1. The molecule has 4 rings (SSSR count). The molecule has 0 bridgehead atoms. The van der Waals surface area contributed by atoms with E-state index in [0.717, 1.165) is 24.2 Å². The van der Waals surface area contributed by atoms with Gasteiger partial charge in [-0.1, -0.05) is 18.2 Å². The number of hydrogen-bond donors (Lipinski definition) is 2. The molecule has 2 aromatic carbocycles. The Morgan fingerprint density at radius 1 is 1.00 bits per heavy atom. The molecule has 7 nitrogen and oxygen atoms in total. The molecule has 0 spiro atoms. The maximum Gasteiger partial charge on any atom is 0.314 e. The van der Waals surface area contributed by atoms with Gasteiger partial charge in [0, 0.05) is 31.5 Å². The third-order valence-corrected chi connectivity index (χ3v) is 5.09. The molecule has 0 aliphatic carbocycles. The molecule has 2 heterocycles. The highest BCUT2D eigenvalue weighted by atomic mass is 16.5. The number of benzene rings is 2. The fourth-order valence-electron chi connectivity index (χ4n) is 3.48. The SMILES string of the molecule is Cc1ccccc1OC1CCN(C(=O)c2ccc3[nH]c(=O)c(=O)[nH]c3c2)CC1. The van der Waals surface area contributed by atoms with Crippen molar-refractivity contribution < 1.29 is 9.53 Å². The molecule has 1 amide bonds. The molecular formula is C21H21N3O4. The summed E-state index contributed by atoms with van der Waals surface area (Å²) in [5.41, 5.74) is 1.07. The first kappa shape index (κ1) is 18.0. The van der Waals surface area contributed by atoms with E-state index < -0.39 is 11.1 Å². The number of nitrogens with zero attached hydrogens (tertiary/aromatic N) is 1. The summed E-state index contributed by atoms with van der Waals surface area (Å²) in [5, 5.41) is 0. The Morgan fingerprint density at radius 2 is 1.68 bits per heavy atom. The Balaban J connectivity index is 1.44. The van der Waals surface area contributed by atoms with Crippen molar-refractivity contribution in [2.75, 3.05) is 13.1 Å². The summed E-state index contributed by atoms with van der Waals surface area (Å²) in [6, 6.07) is 12.8. The van der Waals surface area contributed by atoms with E-state index in [0.29, 0.717) is 29.7 Å². The highest BCUT2D eigenvalue weighted by molar-refractivity contribution is 5.97. The number of para-hydroxylation sites is 1. The minimum Gasteiger partial charge on any atom is -0.490 e. The van der Waals surface area contributed by atoms with Crippen molar-refractivity contribution in [3.8, 4) is 5.75 Å². The van der Waals surface area contributed by atoms with Crippen LogP contribution in [0.5, 0.6) is 5.75 Å². The van der Waals surface area contributed by atoms with Gasteiger partial charge in [0.1, 0.15) is 11.9 Å². The summed E-state index contributed by atoms with van der Waals surface area (Å²) in [5.74, 6) is 0.794. The second-order valence-corrected chi connectivity index (χ2v) is 7.04. The number of piperidine rings is 1. The number of aryl methyl sites for hydroxylation is 1. The van der Waals surface area contributed by atoms with E-state index in [9.17, 15) is 14.4 Å². The van der Waals surface area contributed by atoms with Crippen LogP contribution in [0.4, 0.5) is 0 Å². The van der Waals surface area contributed by atoms with Crippen LogP contribution < -0.4 is 15.9 Å². The highest BCUT2D eigenvalue weighted by Gasteiger charge is 2.25. The van der Waals surface area contributed by atoms with Crippen molar-refractivity contribution >= 4 is 16.9 Å². The fourth-order valence-corrected chi connectivity index (χ4v) is 3.48. The number of aromatic nitrogens is 2. The standard InChI is InChI=1S/C21H21N3O4/c1-13-4-2-3-5-18(13)28-15-8-10-24(11-9-15)21(27)14-6-7-16-17(12-14)23-20(26)19(25)22-16/h2-7,12,15H,8-11H2,1H3,(H,22,25)(H,23,26). The van der Waals surface area contributed by atoms with Crippen LogP contribution in [-0.4, -0.2) is 40.0 Å². The lowest BCUT2D eigenvalue weighted by Gasteiger charge is -2.32. The minimum absolute atomic E-state index is 0.0863. The van der Waals surface area contributed by atoms with Gasteiger partial charge in [0.05, 0.1) is 11.0 Å². The molecule has 0 atom stereocenters. The van der Waals surface area contributed by atoms with Crippen LogP contribution in [0.15, 0.2) is 52.1 Å². The maximum atomic E-state index is 12.8. The second kappa shape index (κ2) is 7.34. The molecule has 7 heteroatoms. The number of H-pyrrole nitrogens is 2. The van der Waals surface area contributed by atoms with Gasteiger partial charge < -0.3 is 19.6 Å². The van der Waals surface area contributed by atoms with Crippen molar-refractivity contribution in [3.63, 3.8) is 0 Å². The number of ether oxygens (including phenoxy) is 1. The van der Waals surface area contributed by atoms with Crippen LogP contribution in [0, 0.1) is 6.92 Å². The van der Waals surface area contributed by atoms with E-state index in [1.807, 2.05) is 31.2 Å². The lowest BCUT2D eigenvalue weighted by Crippen LogP contribution is -2.41. The normalized spacial score (nSPS) is 15.0. The van der Waals surface area contributed by atoms with E-state index in [1.165, 1.54) is 0 Å². The molecule has 1 aliphatic rings. The molecule has 3 aromatic rings. The quantitative estimate of drug-likeness (QED) is 0.682. The van der Waals surface area contributed by atoms with Gasteiger partial charge >= 0.3 is 11.1 Å². The highest BCUT2D eigenvalue weighted by Crippen LogP contribution is 2.23. The molecule has 0 radical (unpaired) electrons. The van der Waals surface area contributed by atoms with Crippen molar-refractivity contribution in [2.24, 2.45) is 0 Å². The molecule has 1 saturated heterocycles. The predicted molar refractivity (Wildman–Crippen MR) is 106 cm³/mol. The molecule has 1 aromatic heterocycles. The molecule has 28 heavy (non-hydrogen) atoms. The zero-order valence-electron chi connectivity index (χ0n) is 15.5. The molecular weight excluding hydrogens is 358 g/mol. The largest absolute Gasteiger partial charge is 0.490 e. The zero-order chi connectivity index (χ0) is 19.7.